The first-order valence-electron chi connectivity index (χ1n) is 6.69. The number of rotatable bonds is 7. The van der Waals surface area contributed by atoms with Gasteiger partial charge in [-0.05, 0) is 12.0 Å². The highest BCUT2D eigenvalue weighted by molar-refractivity contribution is 5.65. The average Bonchev–Trinajstić information content (AvgIpc) is 2.41. The van der Waals surface area contributed by atoms with Crippen molar-refractivity contribution in [2.75, 3.05) is 19.8 Å². The molecule has 0 aromatic rings. The van der Waals surface area contributed by atoms with Crippen LogP contribution in [0.25, 0.3) is 10.4 Å². The number of hydrogen-bond donors (Lipinski definition) is 1. The first-order valence-corrected chi connectivity index (χ1v) is 6.69. The van der Waals surface area contributed by atoms with Gasteiger partial charge in [-0.3, -0.25) is 4.79 Å². The molecule has 0 aliphatic carbocycles. The monoisotopic (exact) mass is 287 g/mol. The predicted molar refractivity (Wildman–Crippen MR) is 70.0 cm³/mol. The minimum atomic E-state index is -1.00. The number of nitrogens with zero attached hydrogens (tertiary/aromatic N) is 3. The van der Waals surface area contributed by atoms with Gasteiger partial charge < -0.3 is 19.3 Å². The number of carbonyl (C=O) groups is 1. The number of hydrogen-bond acceptors (Lipinski definition) is 6. The molecule has 1 fully saturated rings. The molecule has 1 heterocycles. The normalized spacial score (nSPS) is 29.6. The summed E-state index contributed by atoms with van der Waals surface area (Å²) in [6.45, 7) is 3.86. The second-order valence-corrected chi connectivity index (χ2v) is 4.63. The van der Waals surface area contributed by atoms with Crippen molar-refractivity contribution in [1.82, 2.24) is 0 Å². The van der Waals surface area contributed by atoms with Gasteiger partial charge in [-0.1, -0.05) is 18.5 Å². The van der Waals surface area contributed by atoms with Crippen LogP contribution >= 0.6 is 0 Å². The molecule has 0 aromatic carbocycles. The quantitative estimate of drug-likeness (QED) is 0.248. The van der Waals surface area contributed by atoms with Crippen molar-refractivity contribution in [2.45, 2.75) is 51.0 Å². The summed E-state index contributed by atoms with van der Waals surface area (Å²) < 4.78 is 15.8. The van der Waals surface area contributed by atoms with E-state index in [1.165, 1.54) is 6.92 Å². The zero-order chi connectivity index (χ0) is 15.0. The Morgan fingerprint density at radius 3 is 2.95 bits per heavy atom. The molecule has 1 aliphatic rings. The summed E-state index contributed by atoms with van der Waals surface area (Å²) in [7, 11) is 0. The first kappa shape index (κ1) is 16.7. The lowest BCUT2D eigenvalue weighted by atomic mass is 9.98. The molecule has 0 saturated carbocycles. The summed E-state index contributed by atoms with van der Waals surface area (Å²) >= 11 is 0. The summed E-state index contributed by atoms with van der Waals surface area (Å²) in [4.78, 5) is 13.5. The van der Waals surface area contributed by atoms with Gasteiger partial charge >= 0.3 is 5.97 Å². The van der Waals surface area contributed by atoms with Crippen molar-refractivity contribution in [3.63, 3.8) is 0 Å². The molecule has 0 amide bonds. The van der Waals surface area contributed by atoms with Crippen LogP contribution in [0.5, 0.6) is 0 Å². The van der Waals surface area contributed by atoms with E-state index >= 15 is 0 Å². The van der Waals surface area contributed by atoms with E-state index in [1.807, 2.05) is 6.92 Å². The Labute approximate surface area is 117 Å². The van der Waals surface area contributed by atoms with Crippen LogP contribution in [0.4, 0.5) is 0 Å². The molecule has 1 rings (SSSR count). The van der Waals surface area contributed by atoms with E-state index < -0.39 is 30.3 Å². The smallest absolute Gasteiger partial charge is 0.302 e. The molecule has 0 spiro atoms. The predicted octanol–water partition coefficient (Wildman–Crippen LogP) is 1.17. The number of aliphatic hydroxyl groups is 1. The molecule has 1 saturated heterocycles. The summed E-state index contributed by atoms with van der Waals surface area (Å²) in [5.74, 6) is -0.443. The van der Waals surface area contributed by atoms with Crippen molar-refractivity contribution in [3.05, 3.63) is 10.4 Å². The third-order valence-corrected chi connectivity index (χ3v) is 3.04. The van der Waals surface area contributed by atoms with Crippen LogP contribution in [-0.4, -0.2) is 55.3 Å². The van der Waals surface area contributed by atoms with E-state index in [0.29, 0.717) is 6.61 Å². The summed E-state index contributed by atoms with van der Waals surface area (Å²) in [5, 5.41) is 13.8. The molecular weight excluding hydrogens is 266 g/mol. The van der Waals surface area contributed by atoms with Crippen LogP contribution in [0, 0.1) is 0 Å². The van der Waals surface area contributed by atoms with Crippen molar-refractivity contribution in [1.29, 1.82) is 0 Å². The molecule has 8 nitrogen and oxygen atoms in total. The number of azide groups is 1. The molecule has 20 heavy (non-hydrogen) atoms. The molecule has 2 unspecified atom stereocenters. The average molecular weight is 287 g/mol. The van der Waals surface area contributed by atoms with E-state index in [1.54, 1.807) is 0 Å². The molecule has 1 N–H and O–H groups in total. The molecule has 0 aromatic heterocycles. The number of ether oxygens (including phenoxy) is 3. The zero-order valence-electron chi connectivity index (χ0n) is 11.8. The number of unbranched alkanes of at least 4 members (excludes halogenated alkanes) is 1. The van der Waals surface area contributed by atoms with Gasteiger partial charge in [0.05, 0.1) is 18.8 Å². The maximum Gasteiger partial charge on any atom is 0.302 e. The van der Waals surface area contributed by atoms with Crippen LogP contribution < -0.4 is 0 Å². The lowest BCUT2D eigenvalue weighted by molar-refractivity contribution is -0.182. The van der Waals surface area contributed by atoms with Gasteiger partial charge in [-0.2, -0.15) is 0 Å². The van der Waals surface area contributed by atoms with Gasteiger partial charge in [-0.15, -0.1) is 0 Å². The fourth-order valence-corrected chi connectivity index (χ4v) is 1.94. The minimum Gasteiger partial charge on any atom is -0.463 e. The van der Waals surface area contributed by atoms with E-state index in [-0.39, 0.29) is 13.2 Å². The Balaban J connectivity index is 2.63. The Kier molecular flexibility index (Phi) is 7.32. The molecule has 0 radical (unpaired) electrons. The second kappa shape index (κ2) is 8.76. The van der Waals surface area contributed by atoms with Crippen molar-refractivity contribution < 1.29 is 24.1 Å². The SMILES string of the molecule is CCCCO[C@@H]1C(N=[N+]=[N-])COC(COC(C)=O)[C@H]1O. The molecule has 114 valence electrons. The summed E-state index contributed by atoms with van der Waals surface area (Å²) in [5.41, 5.74) is 8.53. The maximum atomic E-state index is 10.8. The molecule has 4 atom stereocenters. The minimum absolute atomic E-state index is 0.0485. The summed E-state index contributed by atoms with van der Waals surface area (Å²) in [6, 6.07) is -0.583. The highest BCUT2D eigenvalue weighted by atomic mass is 16.6. The van der Waals surface area contributed by atoms with Gasteiger partial charge in [0.1, 0.15) is 18.8 Å². The first-order chi connectivity index (χ1) is 9.60. The fourth-order valence-electron chi connectivity index (χ4n) is 1.94. The largest absolute Gasteiger partial charge is 0.463 e. The molecular formula is C12H21N3O5. The van der Waals surface area contributed by atoms with Gasteiger partial charge in [0, 0.05) is 18.4 Å². The number of esters is 1. The van der Waals surface area contributed by atoms with E-state index in [0.717, 1.165) is 12.8 Å². The Hall–Kier alpha value is -1.34. The topological polar surface area (TPSA) is 114 Å². The second-order valence-electron chi connectivity index (χ2n) is 4.63. The third-order valence-electron chi connectivity index (χ3n) is 3.04. The van der Waals surface area contributed by atoms with Gasteiger partial charge in [0.15, 0.2) is 0 Å². The number of carbonyl (C=O) groups excluding carboxylic acids is 1. The van der Waals surface area contributed by atoms with Crippen molar-refractivity contribution >= 4 is 5.97 Å². The lowest BCUT2D eigenvalue weighted by Gasteiger charge is -2.38. The van der Waals surface area contributed by atoms with Crippen LogP contribution in [0.3, 0.4) is 0 Å². The molecule has 8 heteroatoms. The van der Waals surface area contributed by atoms with Crippen LogP contribution in [0.15, 0.2) is 5.11 Å². The molecule has 1 aliphatic heterocycles. The Morgan fingerprint density at radius 2 is 2.35 bits per heavy atom. The Morgan fingerprint density at radius 1 is 1.60 bits per heavy atom. The third kappa shape index (κ3) is 4.97. The van der Waals surface area contributed by atoms with E-state index in [2.05, 4.69) is 10.0 Å². The highest BCUT2D eigenvalue weighted by Crippen LogP contribution is 2.22. The van der Waals surface area contributed by atoms with Gasteiger partial charge in [-0.25, -0.2) is 0 Å². The van der Waals surface area contributed by atoms with Crippen molar-refractivity contribution in [2.24, 2.45) is 5.11 Å². The lowest BCUT2D eigenvalue weighted by Crippen LogP contribution is -2.55. The maximum absolute atomic E-state index is 10.8. The van der Waals surface area contributed by atoms with E-state index in [4.69, 9.17) is 19.7 Å². The fraction of sp³-hybridized carbons (Fsp3) is 0.917. The zero-order valence-corrected chi connectivity index (χ0v) is 11.8. The van der Waals surface area contributed by atoms with Crippen LogP contribution in [-0.2, 0) is 19.0 Å². The molecule has 0 bridgehead atoms. The van der Waals surface area contributed by atoms with E-state index in [9.17, 15) is 9.90 Å². The van der Waals surface area contributed by atoms with Gasteiger partial charge in [0.2, 0.25) is 0 Å². The van der Waals surface area contributed by atoms with Gasteiger partial charge in [0.25, 0.3) is 0 Å². The number of aliphatic hydroxyl groups excluding tert-OH is 1. The van der Waals surface area contributed by atoms with Crippen molar-refractivity contribution in [3.8, 4) is 0 Å². The Bertz CT molecular complexity index is 359. The summed E-state index contributed by atoms with van der Waals surface area (Å²) in [6.07, 6.45) is -0.512. The van der Waals surface area contributed by atoms with Crippen LogP contribution in [0.2, 0.25) is 0 Å². The highest BCUT2D eigenvalue weighted by Gasteiger charge is 2.40. The van der Waals surface area contributed by atoms with Crippen LogP contribution in [0.1, 0.15) is 26.7 Å². The standard InChI is InChI=1S/C12H21N3O5/c1-3-4-5-18-12-9(14-15-13)6-20-10(11(12)17)7-19-8(2)16/h9-12,17H,3-7H2,1-2H3/t9?,10?,11-,12-/m1/s1.